The van der Waals surface area contributed by atoms with Gasteiger partial charge in [0, 0.05) is 18.8 Å². The molecular formula is C29H40NO5+. The number of hydrogen-bond donors (Lipinski definition) is 1. The summed E-state index contributed by atoms with van der Waals surface area (Å²) in [6.45, 7) is 6.58. The molecule has 4 rings (SSSR count). The second-order valence-corrected chi connectivity index (χ2v) is 10.1. The topological polar surface area (TPSA) is 65.0 Å². The molecule has 1 heterocycles. The maximum atomic E-state index is 13.5. The summed E-state index contributed by atoms with van der Waals surface area (Å²) in [5.41, 5.74) is -0.907. The SMILES string of the molecule is CC[N+]1(CCCOc2ccc(OC)cc2)CCC(OC(=O)C(O)(c2ccccc2)C2CCCC2)C1. The Balaban J connectivity index is 1.33. The first kappa shape index (κ1) is 25.5. The Bertz CT molecular complexity index is 943. The van der Waals surface area contributed by atoms with E-state index in [1.807, 2.05) is 54.6 Å². The van der Waals surface area contributed by atoms with Crippen molar-refractivity contribution in [2.45, 2.75) is 57.2 Å². The van der Waals surface area contributed by atoms with Crippen molar-refractivity contribution in [2.24, 2.45) is 5.92 Å². The van der Waals surface area contributed by atoms with Gasteiger partial charge in [0.2, 0.25) is 0 Å². The van der Waals surface area contributed by atoms with Gasteiger partial charge in [-0.05, 0) is 49.6 Å². The lowest BCUT2D eigenvalue weighted by atomic mass is 9.80. The number of ether oxygens (including phenoxy) is 3. The number of benzene rings is 2. The number of methoxy groups -OCH3 is 1. The van der Waals surface area contributed by atoms with E-state index >= 15 is 0 Å². The van der Waals surface area contributed by atoms with E-state index < -0.39 is 11.6 Å². The minimum Gasteiger partial charge on any atom is -0.497 e. The molecule has 0 radical (unpaired) electrons. The van der Waals surface area contributed by atoms with Crippen LogP contribution in [0.1, 0.15) is 51.0 Å². The van der Waals surface area contributed by atoms with Gasteiger partial charge in [0.15, 0.2) is 11.7 Å². The molecule has 0 spiro atoms. The Hall–Kier alpha value is -2.57. The maximum Gasteiger partial charge on any atom is 0.343 e. The van der Waals surface area contributed by atoms with Crippen molar-refractivity contribution in [3.05, 3.63) is 60.2 Å². The van der Waals surface area contributed by atoms with E-state index in [0.717, 1.165) is 80.7 Å². The van der Waals surface area contributed by atoms with E-state index in [1.54, 1.807) is 7.11 Å². The predicted molar refractivity (Wildman–Crippen MR) is 135 cm³/mol. The smallest absolute Gasteiger partial charge is 0.343 e. The minimum atomic E-state index is -1.56. The summed E-state index contributed by atoms with van der Waals surface area (Å²) in [7, 11) is 1.65. The van der Waals surface area contributed by atoms with Crippen molar-refractivity contribution >= 4 is 5.97 Å². The average Bonchev–Trinajstić information content (AvgIpc) is 3.58. The fourth-order valence-electron chi connectivity index (χ4n) is 5.84. The van der Waals surface area contributed by atoms with Gasteiger partial charge in [0.05, 0.1) is 33.4 Å². The second kappa shape index (κ2) is 11.4. The number of quaternary nitrogens is 1. The Morgan fingerprint density at radius 3 is 2.37 bits per heavy atom. The molecule has 2 aliphatic rings. The van der Waals surface area contributed by atoms with Gasteiger partial charge in [0.1, 0.15) is 18.0 Å². The van der Waals surface area contributed by atoms with Crippen LogP contribution in [0.5, 0.6) is 11.5 Å². The molecule has 3 atom stereocenters. The van der Waals surface area contributed by atoms with Gasteiger partial charge in [-0.2, -0.15) is 0 Å². The molecule has 2 aromatic carbocycles. The molecule has 2 fully saturated rings. The first-order valence-electron chi connectivity index (χ1n) is 13.1. The molecule has 0 aromatic heterocycles. The van der Waals surface area contributed by atoms with Gasteiger partial charge in [-0.1, -0.05) is 43.2 Å². The molecule has 1 aliphatic carbocycles. The van der Waals surface area contributed by atoms with Crippen LogP contribution >= 0.6 is 0 Å². The number of likely N-dealkylation sites (tertiary alicyclic amines) is 1. The molecule has 190 valence electrons. The van der Waals surface area contributed by atoms with Crippen LogP contribution in [0.3, 0.4) is 0 Å². The molecule has 0 amide bonds. The van der Waals surface area contributed by atoms with Gasteiger partial charge < -0.3 is 23.8 Å². The van der Waals surface area contributed by atoms with Crippen LogP contribution < -0.4 is 9.47 Å². The van der Waals surface area contributed by atoms with Crippen molar-refractivity contribution in [3.8, 4) is 11.5 Å². The summed E-state index contributed by atoms with van der Waals surface area (Å²) in [6.07, 6.45) is 5.39. The lowest BCUT2D eigenvalue weighted by molar-refractivity contribution is -0.916. The zero-order valence-electron chi connectivity index (χ0n) is 21.2. The van der Waals surface area contributed by atoms with Gasteiger partial charge in [-0.25, -0.2) is 4.79 Å². The van der Waals surface area contributed by atoms with Crippen molar-refractivity contribution < 1.29 is 28.6 Å². The molecule has 1 saturated heterocycles. The molecule has 1 N–H and O–H groups in total. The number of nitrogens with zero attached hydrogens (tertiary/aromatic N) is 1. The first-order valence-corrected chi connectivity index (χ1v) is 13.1. The first-order chi connectivity index (χ1) is 17.0. The third kappa shape index (κ3) is 5.81. The highest BCUT2D eigenvalue weighted by Crippen LogP contribution is 2.42. The van der Waals surface area contributed by atoms with Gasteiger partial charge >= 0.3 is 5.97 Å². The standard InChI is InChI=1S/C29H40NO5/c1-3-30(19-9-21-34-26-16-14-25(33-2)15-17-26)20-18-27(22-30)35-28(31)29(32,24-12-7-8-13-24)23-10-5-4-6-11-23/h4-6,10-11,14-17,24,27,32H,3,7-9,12-13,18-22H2,1-2H3/q+1. The fraction of sp³-hybridized carbons (Fsp3) is 0.552. The van der Waals surface area contributed by atoms with Crippen molar-refractivity contribution in [3.63, 3.8) is 0 Å². The minimum absolute atomic E-state index is 0.0840. The number of carbonyl (C=O) groups is 1. The zero-order valence-corrected chi connectivity index (χ0v) is 21.2. The fourth-order valence-corrected chi connectivity index (χ4v) is 5.84. The third-order valence-electron chi connectivity index (χ3n) is 8.04. The molecular weight excluding hydrogens is 442 g/mol. The van der Waals surface area contributed by atoms with E-state index in [2.05, 4.69) is 6.92 Å². The molecule has 6 nitrogen and oxygen atoms in total. The highest BCUT2D eigenvalue weighted by Gasteiger charge is 2.50. The lowest BCUT2D eigenvalue weighted by Gasteiger charge is -2.35. The number of aliphatic hydroxyl groups is 1. The molecule has 3 unspecified atom stereocenters. The van der Waals surface area contributed by atoms with Crippen molar-refractivity contribution in [1.29, 1.82) is 0 Å². The van der Waals surface area contributed by atoms with E-state index in [-0.39, 0.29) is 12.0 Å². The van der Waals surface area contributed by atoms with Crippen LogP contribution in [-0.2, 0) is 15.1 Å². The normalized spacial score (nSPS) is 24.1. The summed E-state index contributed by atoms with van der Waals surface area (Å²) < 4.78 is 18.1. The highest BCUT2D eigenvalue weighted by atomic mass is 16.6. The van der Waals surface area contributed by atoms with Gasteiger partial charge in [0.25, 0.3) is 0 Å². The Morgan fingerprint density at radius 2 is 1.71 bits per heavy atom. The molecule has 2 aromatic rings. The van der Waals surface area contributed by atoms with E-state index in [4.69, 9.17) is 14.2 Å². The van der Waals surface area contributed by atoms with Crippen LogP contribution in [-0.4, -0.2) is 61.6 Å². The highest BCUT2D eigenvalue weighted by molar-refractivity contribution is 5.81. The van der Waals surface area contributed by atoms with E-state index in [0.29, 0.717) is 12.2 Å². The van der Waals surface area contributed by atoms with Crippen LogP contribution in [0, 0.1) is 5.92 Å². The molecule has 0 bridgehead atoms. The van der Waals surface area contributed by atoms with Crippen molar-refractivity contribution in [2.75, 3.05) is 39.9 Å². The quantitative estimate of drug-likeness (QED) is 0.286. The number of likely N-dealkylation sites (N-methyl/N-ethyl adjacent to an activating group) is 1. The largest absolute Gasteiger partial charge is 0.497 e. The Morgan fingerprint density at radius 1 is 1.03 bits per heavy atom. The third-order valence-corrected chi connectivity index (χ3v) is 8.04. The monoisotopic (exact) mass is 482 g/mol. The molecule has 6 heteroatoms. The average molecular weight is 483 g/mol. The zero-order chi connectivity index (χ0) is 24.7. The van der Waals surface area contributed by atoms with Crippen LogP contribution in [0.4, 0.5) is 0 Å². The number of hydrogen-bond acceptors (Lipinski definition) is 5. The molecule has 1 saturated carbocycles. The van der Waals surface area contributed by atoms with E-state index in [1.165, 1.54) is 0 Å². The Kier molecular flexibility index (Phi) is 8.34. The van der Waals surface area contributed by atoms with Crippen LogP contribution in [0.2, 0.25) is 0 Å². The van der Waals surface area contributed by atoms with E-state index in [9.17, 15) is 9.90 Å². The number of carbonyl (C=O) groups excluding carboxylic acids is 1. The second-order valence-electron chi connectivity index (χ2n) is 10.1. The van der Waals surface area contributed by atoms with Crippen molar-refractivity contribution in [1.82, 2.24) is 0 Å². The summed E-state index contributed by atoms with van der Waals surface area (Å²) in [4.78, 5) is 13.5. The summed E-state index contributed by atoms with van der Waals surface area (Å²) >= 11 is 0. The maximum absolute atomic E-state index is 13.5. The molecule has 1 aliphatic heterocycles. The van der Waals surface area contributed by atoms with Crippen LogP contribution in [0.25, 0.3) is 0 Å². The predicted octanol–water partition coefficient (Wildman–Crippen LogP) is 4.69. The number of esters is 1. The van der Waals surface area contributed by atoms with Gasteiger partial charge in [-0.3, -0.25) is 0 Å². The summed E-state index contributed by atoms with van der Waals surface area (Å²) in [6, 6.07) is 17.0. The Labute approximate surface area is 209 Å². The van der Waals surface area contributed by atoms with Crippen LogP contribution in [0.15, 0.2) is 54.6 Å². The van der Waals surface area contributed by atoms with Gasteiger partial charge in [-0.15, -0.1) is 0 Å². The lowest BCUT2D eigenvalue weighted by Crippen LogP contribution is -2.49. The summed E-state index contributed by atoms with van der Waals surface area (Å²) in [5.74, 6) is 1.10. The summed E-state index contributed by atoms with van der Waals surface area (Å²) in [5, 5.41) is 11.7. The molecule has 35 heavy (non-hydrogen) atoms. The number of rotatable bonds is 11.